The van der Waals surface area contributed by atoms with E-state index in [0.717, 1.165) is 27.7 Å². The van der Waals surface area contributed by atoms with Crippen LogP contribution in [-0.2, 0) is 16.1 Å². The number of benzene rings is 3. The first-order valence-electron chi connectivity index (χ1n) is 15.0. The quantitative estimate of drug-likeness (QED) is 0.0771. The highest BCUT2D eigenvalue weighted by molar-refractivity contribution is 6.01. The molecule has 12 heteroatoms. The van der Waals surface area contributed by atoms with Crippen LogP contribution in [0, 0.1) is 18.3 Å². The summed E-state index contributed by atoms with van der Waals surface area (Å²) in [6.07, 6.45) is 0.533. The van der Waals surface area contributed by atoms with Gasteiger partial charge in [0.2, 0.25) is 0 Å². The van der Waals surface area contributed by atoms with Crippen LogP contribution in [0.2, 0.25) is 0 Å². The predicted octanol–water partition coefficient (Wildman–Crippen LogP) is 4.39. The Bertz CT molecular complexity index is 1890. The number of para-hydroxylation sites is 1. The number of esters is 1. The number of ether oxygens (including phenoxy) is 3. The molecule has 0 spiro atoms. The summed E-state index contributed by atoms with van der Waals surface area (Å²) in [5.74, 6) is 0.169. The number of aromatic nitrogens is 1. The second kappa shape index (κ2) is 14.5. The predicted molar refractivity (Wildman–Crippen MR) is 176 cm³/mol. The molecule has 12 nitrogen and oxygen atoms in total. The maximum Gasteiger partial charge on any atom is 0.337 e. The molecule has 1 aromatic heterocycles. The average Bonchev–Trinajstić information content (AvgIpc) is 3.33. The molecular formula is C35H36N6O6. The SMILES string of the molecule is CCOc1cc([C@@H]2NC(=O)NC(C)=C2C(=O)OC)ccc1OC[C@@H](O)N/N=C/c1c(C)n(Cc2ccc(C#N)cc2)c2ccccc12. The zero-order chi connectivity index (χ0) is 33.5. The molecule has 0 saturated heterocycles. The smallest absolute Gasteiger partial charge is 0.337 e. The maximum absolute atomic E-state index is 12.5. The van der Waals surface area contributed by atoms with Gasteiger partial charge >= 0.3 is 12.0 Å². The van der Waals surface area contributed by atoms with Crippen LogP contribution >= 0.6 is 0 Å². The summed E-state index contributed by atoms with van der Waals surface area (Å²) >= 11 is 0. The molecule has 2 atom stereocenters. The standard InChI is InChI=1S/C35H36N6O6/c1-5-46-30-16-25(33-32(34(43)45-4)21(2)38-35(44)39-33)14-15-29(30)47-20-31(42)40-37-18-27-22(3)41(28-9-7-6-8-26(27)28)19-24-12-10-23(17-36)11-13-24/h6-16,18,31,33,40,42H,5,19-20H2,1-4H3,(H2,38,39,44)/b37-18+/t31-,33+/m1/s1. The summed E-state index contributed by atoms with van der Waals surface area (Å²) in [5.41, 5.74) is 8.61. The summed E-state index contributed by atoms with van der Waals surface area (Å²) in [4.78, 5) is 24.7. The van der Waals surface area contributed by atoms with Crippen LogP contribution in [0.15, 0.2) is 83.1 Å². The number of hydrazone groups is 1. The fraction of sp³-hybridized carbons (Fsp3) is 0.257. The lowest BCUT2D eigenvalue weighted by Crippen LogP contribution is -2.45. The number of nitriles is 1. The Morgan fingerprint density at radius 2 is 1.89 bits per heavy atom. The number of urea groups is 1. The van der Waals surface area contributed by atoms with E-state index in [2.05, 4.69) is 31.8 Å². The number of carbonyl (C=O) groups is 2. The molecule has 47 heavy (non-hydrogen) atoms. The second-order valence-corrected chi connectivity index (χ2v) is 10.8. The maximum atomic E-state index is 12.5. The molecule has 3 aromatic carbocycles. The molecule has 0 bridgehead atoms. The number of aliphatic hydroxyl groups excluding tert-OH is 1. The van der Waals surface area contributed by atoms with Gasteiger partial charge in [-0.3, -0.25) is 5.43 Å². The van der Waals surface area contributed by atoms with E-state index in [1.54, 1.807) is 31.3 Å². The van der Waals surface area contributed by atoms with Crippen LogP contribution in [0.5, 0.6) is 11.5 Å². The van der Waals surface area contributed by atoms with Gasteiger partial charge in [-0.1, -0.05) is 36.4 Å². The van der Waals surface area contributed by atoms with E-state index in [9.17, 15) is 14.7 Å². The van der Waals surface area contributed by atoms with Crippen molar-refractivity contribution >= 4 is 29.1 Å². The number of fused-ring (bicyclic) bond motifs is 1. The van der Waals surface area contributed by atoms with Gasteiger partial charge in [0.15, 0.2) is 17.7 Å². The summed E-state index contributed by atoms with van der Waals surface area (Å²) in [6, 6.07) is 21.5. The van der Waals surface area contributed by atoms with Crippen molar-refractivity contribution in [3.63, 3.8) is 0 Å². The van der Waals surface area contributed by atoms with Gasteiger partial charge in [-0.2, -0.15) is 10.4 Å². The minimum atomic E-state index is -1.15. The first-order chi connectivity index (χ1) is 22.7. The lowest BCUT2D eigenvalue weighted by Gasteiger charge is -2.28. The van der Waals surface area contributed by atoms with Gasteiger partial charge in [-0.15, -0.1) is 0 Å². The minimum absolute atomic E-state index is 0.146. The van der Waals surface area contributed by atoms with Crippen LogP contribution < -0.4 is 25.5 Å². The first-order valence-corrected chi connectivity index (χ1v) is 15.0. The molecule has 4 aromatic rings. The van der Waals surface area contributed by atoms with Crippen molar-refractivity contribution in [3.05, 3.63) is 106 Å². The third-order valence-electron chi connectivity index (χ3n) is 7.79. The van der Waals surface area contributed by atoms with Crippen molar-refractivity contribution in [1.29, 1.82) is 5.26 Å². The molecular weight excluding hydrogens is 600 g/mol. The number of amides is 2. The third kappa shape index (κ3) is 7.21. The Hall–Kier alpha value is -5.80. The van der Waals surface area contributed by atoms with E-state index in [1.807, 2.05) is 62.4 Å². The molecule has 0 unspecified atom stereocenters. The molecule has 0 fully saturated rings. The number of nitrogens with zero attached hydrogens (tertiary/aromatic N) is 3. The molecule has 4 N–H and O–H groups in total. The topological polar surface area (TPSA) is 159 Å². The number of carbonyl (C=O) groups excluding carboxylic acids is 2. The van der Waals surface area contributed by atoms with Crippen molar-refractivity contribution in [3.8, 4) is 17.6 Å². The molecule has 2 heterocycles. The van der Waals surface area contributed by atoms with E-state index in [-0.39, 0.29) is 12.2 Å². The summed E-state index contributed by atoms with van der Waals surface area (Å²) < 4.78 is 18.8. The Morgan fingerprint density at radius 3 is 2.62 bits per heavy atom. The van der Waals surface area contributed by atoms with E-state index in [0.29, 0.717) is 41.5 Å². The summed E-state index contributed by atoms with van der Waals surface area (Å²) in [7, 11) is 1.28. The van der Waals surface area contributed by atoms with E-state index in [1.165, 1.54) is 7.11 Å². The van der Waals surface area contributed by atoms with Crippen molar-refractivity contribution in [2.75, 3.05) is 20.3 Å². The van der Waals surface area contributed by atoms with E-state index in [4.69, 9.17) is 19.5 Å². The highest BCUT2D eigenvalue weighted by Gasteiger charge is 2.32. The molecule has 0 saturated carbocycles. The largest absolute Gasteiger partial charge is 0.490 e. The molecule has 2 amide bonds. The van der Waals surface area contributed by atoms with E-state index < -0.39 is 24.3 Å². The Labute approximate surface area is 272 Å². The van der Waals surface area contributed by atoms with Crippen LogP contribution in [0.25, 0.3) is 10.9 Å². The Morgan fingerprint density at radius 1 is 1.13 bits per heavy atom. The first kappa shape index (κ1) is 32.6. The van der Waals surface area contributed by atoms with E-state index >= 15 is 0 Å². The van der Waals surface area contributed by atoms with Crippen LogP contribution in [-0.4, -0.2) is 54.4 Å². The average molecular weight is 637 g/mol. The lowest BCUT2D eigenvalue weighted by atomic mass is 9.95. The zero-order valence-corrected chi connectivity index (χ0v) is 26.5. The van der Waals surface area contributed by atoms with Gasteiger partial charge in [0, 0.05) is 34.4 Å². The van der Waals surface area contributed by atoms with Crippen molar-refractivity contribution in [1.82, 2.24) is 20.6 Å². The lowest BCUT2D eigenvalue weighted by molar-refractivity contribution is -0.136. The normalized spacial score (nSPS) is 15.1. The van der Waals surface area contributed by atoms with Gasteiger partial charge in [0.1, 0.15) is 6.61 Å². The van der Waals surface area contributed by atoms with Crippen LogP contribution in [0.3, 0.4) is 0 Å². The molecule has 1 aliphatic rings. The van der Waals surface area contributed by atoms with Gasteiger partial charge < -0.3 is 34.5 Å². The minimum Gasteiger partial charge on any atom is -0.490 e. The fourth-order valence-corrected chi connectivity index (χ4v) is 5.50. The number of allylic oxidation sites excluding steroid dienone is 1. The molecule has 1 aliphatic heterocycles. The Balaban J connectivity index is 1.28. The molecule has 0 aliphatic carbocycles. The number of aliphatic hydroxyl groups is 1. The van der Waals surface area contributed by atoms with Gasteiger partial charge in [-0.05, 0) is 62.2 Å². The number of nitrogens with one attached hydrogen (secondary N) is 3. The highest BCUT2D eigenvalue weighted by Crippen LogP contribution is 2.35. The highest BCUT2D eigenvalue weighted by atomic mass is 16.5. The Kier molecular flexibility index (Phi) is 10.1. The number of rotatable bonds is 12. The number of methoxy groups -OCH3 is 1. The molecule has 0 radical (unpaired) electrons. The monoisotopic (exact) mass is 636 g/mol. The van der Waals surface area contributed by atoms with Crippen LogP contribution in [0.1, 0.15) is 47.8 Å². The molecule has 242 valence electrons. The van der Waals surface area contributed by atoms with Gasteiger partial charge in [-0.25, -0.2) is 9.59 Å². The second-order valence-electron chi connectivity index (χ2n) is 10.8. The number of hydrogen-bond acceptors (Lipinski definition) is 9. The van der Waals surface area contributed by atoms with Gasteiger partial charge in [0.05, 0.1) is 43.2 Å². The van der Waals surface area contributed by atoms with Gasteiger partial charge in [0.25, 0.3) is 0 Å². The fourth-order valence-electron chi connectivity index (χ4n) is 5.50. The van der Waals surface area contributed by atoms with Crippen LogP contribution in [0.4, 0.5) is 4.79 Å². The third-order valence-corrected chi connectivity index (χ3v) is 7.79. The molecule has 5 rings (SSSR count). The van der Waals surface area contributed by atoms with Crippen molar-refractivity contribution in [2.45, 2.75) is 39.6 Å². The summed E-state index contributed by atoms with van der Waals surface area (Å²) in [6.45, 7) is 6.28. The summed E-state index contributed by atoms with van der Waals surface area (Å²) in [5, 5.41) is 30.4. The van der Waals surface area contributed by atoms with Crippen molar-refractivity contribution < 1.29 is 28.9 Å². The van der Waals surface area contributed by atoms with Crippen molar-refractivity contribution in [2.24, 2.45) is 5.10 Å². The number of hydrogen-bond donors (Lipinski definition) is 4. The zero-order valence-electron chi connectivity index (χ0n) is 26.5.